The van der Waals surface area contributed by atoms with Gasteiger partial charge in [-0.25, -0.2) is 19.1 Å². The standard InChI is InChI=1S/C30H29N7O8S2/c1-14(2)45-35-21(19-13-47-30(31)33-19)25(39)34-22-26(40)37-23(29(43)44)17(12-46-27(22)37)5-4-8-36-9-6-16(7-10-36)24(38)18-11-32-20(15(18)3)28(41)42/h4-7,9-11,13-14,22,27H,8,12H2,1-3H3,(H5-,31,32,33,34,38,39,41,42,43,44)/p+1/b5-4+,35-21-. The van der Waals surface area contributed by atoms with Crippen LogP contribution in [0.25, 0.3) is 0 Å². The zero-order valence-corrected chi connectivity index (χ0v) is 26.9. The van der Waals surface area contributed by atoms with Crippen LogP contribution in [0.1, 0.15) is 51.5 Å². The molecule has 244 valence electrons. The summed E-state index contributed by atoms with van der Waals surface area (Å²) in [6, 6.07) is 2.22. The number of carbonyl (C=O) groups is 5. The minimum Gasteiger partial charge on any atom is -0.477 e. The molecule has 15 nitrogen and oxygen atoms in total. The number of pyridine rings is 1. The van der Waals surface area contributed by atoms with Crippen molar-refractivity contribution in [2.24, 2.45) is 5.16 Å². The van der Waals surface area contributed by atoms with E-state index in [0.717, 1.165) is 16.2 Å². The second-order valence-corrected chi connectivity index (χ2v) is 12.7. The molecule has 2 unspecified atom stereocenters. The first kappa shape index (κ1) is 33.1. The largest absolute Gasteiger partial charge is 0.477 e. The Labute approximate surface area is 275 Å². The van der Waals surface area contributed by atoms with E-state index in [9.17, 15) is 34.2 Å². The number of nitrogens with two attached hydrogens (primary N) is 1. The summed E-state index contributed by atoms with van der Waals surface area (Å²) < 4.78 is 1.76. The molecule has 5 rings (SSSR count). The third-order valence-corrected chi connectivity index (χ3v) is 9.18. The number of H-pyrrole nitrogens is 1. The molecule has 6 N–H and O–H groups in total. The number of aliphatic carboxylic acids is 1. The summed E-state index contributed by atoms with van der Waals surface area (Å²) in [6.07, 6.45) is 7.76. The first-order chi connectivity index (χ1) is 22.4. The van der Waals surface area contributed by atoms with E-state index in [4.69, 9.17) is 10.6 Å². The molecule has 5 heterocycles. The number of nitrogens with zero attached hydrogens (tertiary/aromatic N) is 4. The highest BCUT2D eigenvalue weighted by atomic mass is 32.2. The van der Waals surface area contributed by atoms with Crippen LogP contribution < -0.4 is 15.6 Å². The van der Waals surface area contributed by atoms with Crippen LogP contribution in [0.2, 0.25) is 0 Å². The number of hydrogen-bond donors (Lipinski definition) is 5. The number of amides is 2. The van der Waals surface area contributed by atoms with Gasteiger partial charge in [-0.05, 0) is 38.0 Å². The fraction of sp³-hybridized carbons (Fsp3) is 0.267. The molecule has 0 aromatic carbocycles. The lowest BCUT2D eigenvalue weighted by Gasteiger charge is -2.49. The zero-order chi connectivity index (χ0) is 34.0. The van der Waals surface area contributed by atoms with Crippen LogP contribution in [0.4, 0.5) is 5.13 Å². The number of aromatic carboxylic acids is 1. The minimum atomic E-state index is -1.28. The molecule has 2 aliphatic heterocycles. The molecule has 0 aliphatic carbocycles. The Balaban J connectivity index is 1.25. The predicted octanol–water partition coefficient (Wildman–Crippen LogP) is 1.70. The monoisotopic (exact) mass is 680 g/mol. The molecule has 17 heteroatoms. The molecular formula is C30H30N7O8S2+. The number of anilines is 1. The number of β-lactam (4-membered cyclic amide) rings is 1. The third kappa shape index (κ3) is 6.80. The number of aromatic nitrogens is 3. The van der Waals surface area contributed by atoms with E-state index < -0.39 is 35.2 Å². The summed E-state index contributed by atoms with van der Waals surface area (Å²) >= 11 is 2.42. The first-order valence-electron chi connectivity index (χ1n) is 14.2. The second-order valence-electron chi connectivity index (χ2n) is 10.7. The van der Waals surface area contributed by atoms with Crippen LogP contribution in [0.5, 0.6) is 0 Å². The molecule has 0 bridgehead atoms. The number of aromatic amines is 1. The van der Waals surface area contributed by atoms with Gasteiger partial charge in [-0.15, -0.1) is 23.1 Å². The van der Waals surface area contributed by atoms with Gasteiger partial charge in [0, 0.05) is 40.6 Å². The number of oxime groups is 1. The molecule has 2 amide bonds. The number of thioether (sulfide) groups is 1. The molecule has 47 heavy (non-hydrogen) atoms. The Hall–Kier alpha value is -5.29. The number of rotatable bonds is 12. The zero-order valence-electron chi connectivity index (χ0n) is 25.3. The van der Waals surface area contributed by atoms with E-state index >= 15 is 0 Å². The van der Waals surface area contributed by atoms with Crippen LogP contribution >= 0.6 is 23.1 Å². The molecule has 3 aromatic rings. The molecular weight excluding hydrogens is 651 g/mol. The summed E-state index contributed by atoms with van der Waals surface area (Å²) in [5.74, 6) is -3.77. The topological polar surface area (TPSA) is 221 Å². The van der Waals surface area contributed by atoms with E-state index in [-0.39, 0.29) is 51.1 Å². The van der Waals surface area contributed by atoms with Crippen LogP contribution in [-0.2, 0) is 25.8 Å². The summed E-state index contributed by atoms with van der Waals surface area (Å²) in [5, 5.41) is 26.9. The molecule has 2 atom stereocenters. The van der Waals surface area contributed by atoms with Crippen LogP contribution in [0, 0.1) is 6.92 Å². The van der Waals surface area contributed by atoms with Crippen molar-refractivity contribution in [3.05, 3.63) is 87.6 Å². The van der Waals surface area contributed by atoms with Gasteiger partial charge in [0.25, 0.3) is 11.8 Å². The number of ketones is 1. The number of fused-ring (bicyclic) bond motifs is 1. The van der Waals surface area contributed by atoms with Gasteiger partial charge in [-0.3, -0.25) is 19.3 Å². The number of thiazole rings is 1. The van der Waals surface area contributed by atoms with Crippen molar-refractivity contribution in [3.63, 3.8) is 0 Å². The molecule has 0 radical (unpaired) electrons. The van der Waals surface area contributed by atoms with Crippen molar-refractivity contribution < 1.29 is 43.6 Å². The number of carboxylic acid groups (broad SMARTS) is 2. The van der Waals surface area contributed by atoms with Gasteiger partial charge >= 0.3 is 11.9 Å². The van der Waals surface area contributed by atoms with Gasteiger partial charge in [0.1, 0.15) is 34.6 Å². The molecule has 1 saturated heterocycles. The Morgan fingerprint density at radius 1 is 1.26 bits per heavy atom. The average Bonchev–Trinajstić information content (AvgIpc) is 3.64. The Morgan fingerprint density at radius 2 is 1.98 bits per heavy atom. The van der Waals surface area contributed by atoms with Crippen molar-refractivity contribution >= 4 is 63.5 Å². The number of nitrogen functional groups attached to an aromatic ring is 1. The van der Waals surface area contributed by atoms with Crippen molar-refractivity contribution in [1.29, 1.82) is 0 Å². The fourth-order valence-electron chi connectivity index (χ4n) is 4.90. The normalized spacial score (nSPS) is 17.9. The van der Waals surface area contributed by atoms with Crippen molar-refractivity contribution in [2.75, 3.05) is 11.5 Å². The average molecular weight is 681 g/mol. The Kier molecular flexibility index (Phi) is 9.57. The highest BCUT2D eigenvalue weighted by Crippen LogP contribution is 2.40. The van der Waals surface area contributed by atoms with Gasteiger partial charge < -0.3 is 31.1 Å². The maximum Gasteiger partial charge on any atom is 0.352 e. The first-order valence-corrected chi connectivity index (χ1v) is 16.1. The lowest BCUT2D eigenvalue weighted by atomic mass is 10.0. The number of allylic oxidation sites excluding steroid dienone is 2. The number of hydrogen-bond acceptors (Lipinski definition) is 11. The van der Waals surface area contributed by atoms with Crippen LogP contribution in [0.3, 0.4) is 0 Å². The van der Waals surface area contributed by atoms with E-state index in [1.165, 1.54) is 18.0 Å². The summed E-state index contributed by atoms with van der Waals surface area (Å²) in [6.45, 7) is 5.36. The van der Waals surface area contributed by atoms with Crippen molar-refractivity contribution in [3.8, 4) is 0 Å². The predicted molar refractivity (Wildman–Crippen MR) is 171 cm³/mol. The lowest BCUT2D eigenvalue weighted by Crippen LogP contribution is -2.71. The van der Waals surface area contributed by atoms with Gasteiger partial charge in [-0.1, -0.05) is 11.2 Å². The smallest absolute Gasteiger partial charge is 0.352 e. The van der Waals surface area contributed by atoms with Gasteiger partial charge in [-0.2, -0.15) is 0 Å². The molecule has 0 spiro atoms. The number of carbonyl (C=O) groups excluding carboxylic acids is 3. The van der Waals surface area contributed by atoms with E-state index in [0.29, 0.717) is 23.2 Å². The Bertz CT molecular complexity index is 1860. The molecule has 3 aromatic heterocycles. The molecule has 1 fully saturated rings. The SMILES string of the molecule is Cc1c(C(=O)c2cc[n+](C/C=C/C3=C(C(=O)O)N4C(=O)C(NC(=O)/C(=N\OC(C)C)c5csc(N)n5)C4SC3)cc2)c[nH]c1C(=O)O. The third-order valence-electron chi connectivity index (χ3n) is 7.21. The maximum absolute atomic E-state index is 13.2. The quantitative estimate of drug-likeness (QED) is 0.0609. The van der Waals surface area contributed by atoms with Crippen molar-refractivity contribution in [2.45, 2.75) is 44.8 Å². The summed E-state index contributed by atoms with van der Waals surface area (Å²) in [4.78, 5) is 75.9. The second kappa shape index (κ2) is 13.6. The van der Waals surface area contributed by atoms with Gasteiger partial charge in [0.2, 0.25) is 0 Å². The van der Waals surface area contributed by atoms with Crippen LogP contribution in [-0.4, -0.2) is 83.6 Å². The Morgan fingerprint density at radius 3 is 2.57 bits per heavy atom. The highest BCUT2D eigenvalue weighted by Gasteiger charge is 2.54. The number of nitrogens with one attached hydrogen (secondary N) is 2. The minimum absolute atomic E-state index is 0.0413. The highest BCUT2D eigenvalue weighted by molar-refractivity contribution is 8.00. The van der Waals surface area contributed by atoms with Gasteiger partial charge in [0.15, 0.2) is 35.6 Å². The summed E-state index contributed by atoms with van der Waals surface area (Å²) in [7, 11) is 0. The fourth-order valence-corrected chi connectivity index (χ4v) is 6.76. The van der Waals surface area contributed by atoms with E-state index in [2.05, 4.69) is 20.4 Å². The van der Waals surface area contributed by atoms with E-state index in [1.54, 1.807) is 67.4 Å². The van der Waals surface area contributed by atoms with Gasteiger partial charge in [0.05, 0.1) is 0 Å². The van der Waals surface area contributed by atoms with Crippen LogP contribution in [0.15, 0.2) is 64.7 Å². The number of carboxylic acids is 2. The molecule has 2 aliphatic rings. The maximum atomic E-state index is 13.2. The lowest BCUT2D eigenvalue weighted by molar-refractivity contribution is -0.687. The summed E-state index contributed by atoms with van der Waals surface area (Å²) in [5.41, 5.74) is 6.95. The van der Waals surface area contributed by atoms with Crippen molar-refractivity contribution in [1.82, 2.24) is 20.2 Å². The van der Waals surface area contributed by atoms with E-state index in [1.807, 2.05) is 0 Å². The molecule has 0 saturated carbocycles.